The monoisotopic (exact) mass is 373 g/mol. The Morgan fingerprint density at radius 3 is 2.43 bits per heavy atom. The molecular weight excluding hydrogens is 354 g/mol. The molecular formula is C15H20BrNO3S. The van der Waals surface area contributed by atoms with Gasteiger partial charge in [0.25, 0.3) is 5.91 Å². The van der Waals surface area contributed by atoms with E-state index >= 15 is 0 Å². The molecule has 0 aromatic heterocycles. The third-order valence-electron chi connectivity index (χ3n) is 2.54. The highest BCUT2D eigenvalue weighted by Crippen LogP contribution is 2.20. The van der Waals surface area contributed by atoms with Gasteiger partial charge in [-0.2, -0.15) is 0 Å². The second-order valence-electron chi connectivity index (χ2n) is 4.91. The summed E-state index contributed by atoms with van der Waals surface area (Å²) in [6.45, 7) is 5.28. The summed E-state index contributed by atoms with van der Waals surface area (Å²) in [5.74, 6) is 0.0846. The van der Waals surface area contributed by atoms with Crippen LogP contribution in [0.4, 0.5) is 0 Å². The summed E-state index contributed by atoms with van der Waals surface area (Å²) in [4.78, 5) is 23.2. The van der Waals surface area contributed by atoms with Gasteiger partial charge in [0.15, 0.2) is 6.61 Å². The van der Waals surface area contributed by atoms with E-state index in [1.54, 1.807) is 6.92 Å². The Morgan fingerprint density at radius 1 is 1.24 bits per heavy atom. The van der Waals surface area contributed by atoms with Gasteiger partial charge in [-0.15, -0.1) is 11.8 Å². The Balaban J connectivity index is 2.31. The first-order valence-corrected chi connectivity index (χ1v) is 8.54. The Kier molecular flexibility index (Phi) is 7.82. The second-order valence-corrected chi connectivity index (χ2v) is 7.15. The van der Waals surface area contributed by atoms with Crippen LogP contribution in [0.1, 0.15) is 26.3 Å². The minimum Gasteiger partial charge on any atom is -0.455 e. The summed E-state index contributed by atoms with van der Waals surface area (Å²) >= 11 is 4.87. The average Bonchev–Trinajstić information content (AvgIpc) is 2.43. The molecule has 0 aliphatic rings. The lowest BCUT2D eigenvalue weighted by atomic mass is 10.2. The minimum atomic E-state index is -0.365. The van der Waals surface area contributed by atoms with Crippen molar-refractivity contribution in [3.05, 3.63) is 34.3 Å². The van der Waals surface area contributed by atoms with Crippen LogP contribution in [-0.4, -0.2) is 29.8 Å². The molecule has 0 spiro atoms. The normalized spacial score (nSPS) is 12.0. The van der Waals surface area contributed by atoms with E-state index in [4.69, 9.17) is 4.74 Å². The molecule has 1 atom stereocenters. The summed E-state index contributed by atoms with van der Waals surface area (Å²) in [6, 6.07) is 7.99. The van der Waals surface area contributed by atoms with Crippen LogP contribution in [0.3, 0.4) is 0 Å². The number of hydrogen-bond donors (Lipinski definition) is 1. The number of ether oxygens (including phenoxy) is 1. The lowest BCUT2D eigenvalue weighted by molar-refractivity contribution is -0.147. The van der Waals surface area contributed by atoms with Crippen molar-refractivity contribution >= 4 is 39.6 Å². The lowest BCUT2D eigenvalue weighted by Gasteiger charge is -2.12. The van der Waals surface area contributed by atoms with Crippen LogP contribution >= 0.6 is 27.7 Å². The molecule has 0 radical (unpaired) electrons. The van der Waals surface area contributed by atoms with Crippen molar-refractivity contribution in [1.82, 2.24) is 5.32 Å². The highest BCUT2D eigenvalue weighted by molar-refractivity contribution is 9.10. The molecule has 1 aromatic rings. The molecule has 0 aliphatic carbocycles. The summed E-state index contributed by atoms with van der Waals surface area (Å²) in [5, 5.41) is 2.37. The highest BCUT2D eigenvalue weighted by Gasteiger charge is 2.16. The van der Waals surface area contributed by atoms with E-state index in [0.717, 1.165) is 15.8 Å². The van der Waals surface area contributed by atoms with Crippen LogP contribution in [0.2, 0.25) is 0 Å². The van der Waals surface area contributed by atoms with Gasteiger partial charge in [0.1, 0.15) is 0 Å². The summed E-state index contributed by atoms with van der Waals surface area (Å²) < 4.78 is 6.02. The molecule has 21 heavy (non-hydrogen) atoms. The number of esters is 1. The molecule has 0 saturated carbocycles. The van der Waals surface area contributed by atoms with Gasteiger partial charge in [-0.05, 0) is 38.5 Å². The van der Waals surface area contributed by atoms with E-state index < -0.39 is 0 Å². The van der Waals surface area contributed by atoms with Gasteiger partial charge < -0.3 is 10.1 Å². The summed E-state index contributed by atoms with van der Waals surface area (Å²) in [7, 11) is 0. The smallest absolute Gasteiger partial charge is 0.319 e. The fourth-order valence-corrected chi connectivity index (χ4v) is 2.59. The van der Waals surface area contributed by atoms with Gasteiger partial charge in [-0.1, -0.05) is 28.1 Å². The van der Waals surface area contributed by atoms with Gasteiger partial charge in [-0.3, -0.25) is 9.59 Å². The van der Waals surface area contributed by atoms with E-state index in [-0.39, 0.29) is 29.8 Å². The average molecular weight is 374 g/mol. The molecule has 6 heteroatoms. The van der Waals surface area contributed by atoms with E-state index in [0.29, 0.717) is 0 Å². The molecule has 0 unspecified atom stereocenters. The Labute approximate surface area is 138 Å². The van der Waals surface area contributed by atoms with Gasteiger partial charge in [0.2, 0.25) is 0 Å². The van der Waals surface area contributed by atoms with Crippen molar-refractivity contribution in [3.63, 3.8) is 0 Å². The fourth-order valence-electron chi connectivity index (χ4n) is 1.49. The van der Waals surface area contributed by atoms with Crippen LogP contribution in [0, 0.1) is 0 Å². The molecule has 4 nitrogen and oxygen atoms in total. The number of amides is 1. The molecule has 0 bridgehead atoms. The SMILES string of the molecule is CC(C)NC(=O)COC(=O)[C@@H](C)SCc1ccc(Br)cc1. The van der Waals surface area contributed by atoms with Gasteiger partial charge in [-0.25, -0.2) is 0 Å². The Morgan fingerprint density at radius 2 is 1.86 bits per heavy atom. The summed E-state index contributed by atoms with van der Waals surface area (Å²) in [6.07, 6.45) is 0. The summed E-state index contributed by atoms with van der Waals surface area (Å²) in [5.41, 5.74) is 1.14. The van der Waals surface area contributed by atoms with Crippen LogP contribution < -0.4 is 5.32 Å². The number of halogens is 1. The molecule has 116 valence electrons. The van der Waals surface area contributed by atoms with E-state index in [1.165, 1.54) is 11.8 Å². The Bertz CT molecular complexity index is 476. The van der Waals surface area contributed by atoms with Crippen molar-refractivity contribution < 1.29 is 14.3 Å². The topological polar surface area (TPSA) is 55.4 Å². The molecule has 1 aromatic carbocycles. The second kappa shape index (κ2) is 9.10. The number of nitrogens with one attached hydrogen (secondary N) is 1. The maximum atomic E-state index is 11.8. The van der Waals surface area contributed by atoms with E-state index in [9.17, 15) is 9.59 Å². The number of hydrogen-bond acceptors (Lipinski definition) is 4. The van der Waals surface area contributed by atoms with Crippen molar-refractivity contribution in [2.75, 3.05) is 6.61 Å². The third kappa shape index (κ3) is 7.52. The van der Waals surface area contributed by atoms with Crippen molar-refractivity contribution in [2.24, 2.45) is 0 Å². The van der Waals surface area contributed by atoms with Crippen LogP contribution in [0.5, 0.6) is 0 Å². The predicted molar refractivity (Wildman–Crippen MR) is 89.1 cm³/mol. The maximum absolute atomic E-state index is 11.8. The predicted octanol–water partition coefficient (Wildman–Crippen LogP) is 3.14. The number of carbonyl (C=O) groups excluding carboxylic acids is 2. The zero-order valence-corrected chi connectivity index (χ0v) is 14.8. The van der Waals surface area contributed by atoms with Gasteiger partial charge in [0.05, 0.1) is 5.25 Å². The van der Waals surface area contributed by atoms with Crippen LogP contribution in [0.25, 0.3) is 0 Å². The Hall–Kier alpha value is -1.01. The molecule has 1 rings (SSSR count). The lowest BCUT2D eigenvalue weighted by Crippen LogP contribution is -2.34. The van der Waals surface area contributed by atoms with Gasteiger partial charge in [0, 0.05) is 16.3 Å². The fraction of sp³-hybridized carbons (Fsp3) is 0.467. The first kappa shape index (κ1) is 18.0. The van der Waals surface area contributed by atoms with Crippen LogP contribution in [0.15, 0.2) is 28.7 Å². The molecule has 1 amide bonds. The highest BCUT2D eigenvalue weighted by atomic mass is 79.9. The third-order valence-corrected chi connectivity index (χ3v) is 4.26. The number of benzene rings is 1. The standard InChI is InChI=1S/C15H20BrNO3S/c1-10(2)17-14(18)8-20-15(19)11(3)21-9-12-4-6-13(16)7-5-12/h4-7,10-11H,8-9H2,1-3H3,(H,17,18)/t11-/m1/s1. The number of rotatable bonds is 7. The zero-order chi connectivity index (χ0) is 15.8. The zero-order valence-electron chi connectivity index (χ0n) is 12.4. The first-order chi connectivity index (χ1) is 9.88. The number of thioether (sulfide) groups is 1. The minimum absolute atomic E-state index is 0.0420. The van der Waals surface area contributed by atoms with E-state index in [2.05, 4.69) is 21.2 Å². The largest absolute Gasteiger partial charge is 0.455 e. The van der Waals surface area contributed by atoms with Crippen molar-refractivity contribution in [2.45, 2.75) is 37.8 Å². The molecule has 0 aliphatic heterocycles. The quantitative estimate of drug-likeness (QED) is 0.745. The van der Waals surface area contributed by atoms with Crippen molar-refractivity contribution in [1.29, 1.82) is 0 Å². The molecule has 1 N–H and O–H groups in total. The number of carbonyl (C=O) groups is 2. The molecule has 0 fully saturated rings. The maximum Gasteiger partial charge on any atom is 0.319 e. The van der Waals surface area contributed by atoms with Gasteiger partial charge >= 0.3 is 5.97 Å². The van der Waals surface area contributed by atoms with Crippen molar-refractivity contribution in [3.8, 4) is 0 Å². The van der Waals surface area contributed by atoms with Crippen LogP contribution in [-0.2, 0) is 20.1 Å². The first-order valence-electron chi connectivity index (χ1n) is 6.70. The molecule has 0 saturated heterocycles. The van der Waals surface area contributed by atoms with E-state index in [1.807, 2.05) is 38.1 Å². The molecule has 0 heterocycles.